The van der Waals surface area contributed by atoms with Crippen molar-refractivity contribution in [2.75, 3.05) is 84.9 Å². The van der Waals surface area contributed by atoms with Crippen molar-refractivity contribution in [3.8, 4) is 0 Å². The maximum atomic E-state index is 12.4. The number of rotatable bonds is 25. The number of imide groups is 1. The van der Waals surface area contributed by atoms with Gasteiger partial charge in [-0.1, -0.05) is 12.1 Å². The quantitative estimate of drug-likeness (QED) is 0.0609. The first-order chi connectivity index (χ1) is 24.1. The van der Waals surface area contributed by atoms with Crippen LogP contribution in [0.25, 0.3) is 0 Å². The predicted octanol–water partition coefficient (Wildman–Crippen LogP) is -1.01. The summed E-state index contributed by atoms with van der Waals surface area (Å²) in [5.41, 5.74) is 1.23. The molecule has 276 valence electrons. The molecule has 50 heavy (non-hydrogen) atoms. The van der Waals surface area contributed by atoms with Crippen LogP contribution in [0.1, 0.15) is 25.3 Å². The van der Waals surface area contributed by atoms with Gasteiger partial charge in [-0.05, 0) is 24.6 Å². The van der Waals surface area contributed by atoms with E-state index in [1.54, 1.807) is 24.3 Å². The van der Waals surface area contributed by atoms with Crippen molar-refractivity contribution in [3.05, 3.63) is 42.0 Å². The van der Waals surface area contributed by atoms with Crippen molar-refractivity contribution in [1.82, 2.24) is 26.2 Å². The van der Waals surface area contributed by atoms with E-state index in [0.29, 0.717) is 38.7 Å². The van der Waals surface area contributed by atoms with Crippen LogP contribution in [0.5, 0.6) is 0 Å². The molecule has 7 amide bonds. The lowest BCUT2D eigenvalue weighted by molar-refractivity contribution is -0.137. The number of hydrogen-bond donors (Lipinski definition) is 5. The molecule has 1 aliphatic rings. The lowest BCUT2D eigenvalue weighted by Gasteiger charge is -2.15. The van der Waals surface area contributed by atoms with Gasteiger partial charge < -0.3 is 50.3 Å². The second-order valence-electron chi connectivity index (χ2n) is 10.5. The molecule has 0 aliphatic carbocycles. The lowest BCUT2D eigenvalue weighted by atomic mass is 10.2. The molecule has 0 fully saturated rings. The molecule has 5 N–H and O–H groups in total. The summed E-state index contributed by atoms with van der Waals surface area (Å²) in [6.07, 6.45) is 1.86. The number of ether oxygens (including phenoxy) is 5. The number of alkyl carbamates (subject to hydrolysis) is 1. The Bertz CT molecular complexity index is 1290. The molecule has 1 unspecified atom stereocenters. The summed E-state index contributed by atoms with van der Waals surface area (Å²) in [5.74, 6) is -2.49. The summed E-state index contributed by atoms with van der Waals surface area (Å²) in [4.78, 5) is 83.4. The third kappa shape index (κ3) is 18.0. The van der Waals surface area contributed by atoms with Crippen LogP contribution in [0.4, 0.5) is 10.5 Å². The molecule has 1 heterocycles. The standard InChI is InChI=1S/C32H46N6O12/c1-23(31(44)37-25-5-3-24(4-6-25)22-50-32(45)33-2)36-28(41)21-35-27(40)10-13-46-15-17-48-19-20-49-18-16-47-14-11-34-26(39)9-12-38-29(42)7-8-30(38)43/h3-8,23H,9-22H2,1-2H3,(H,33,45)(H,34,39)(H,35,40)(H,36,41)(H,37,44). The third-order valence-corrected chi connectivity index (χ3v) is 6.63. The first-order valence-electron chi connectivity index (χ1n) is 16.0. The van der Waals surface area contributed by atoms with E-state index in [1.165, 1.54) is 26.1 Å². The second kappa shape index (κ2) is 24.3. The van der Waals surface area contributed by atoms with Gasteiger partial charge in [0.15, 0.2) is 0 Å². The SMILES string of the molecule is CNC(=O)OCc1ccc(NC(=O)C(C)NC(=O)CNC(=O)CCOCCOCCOCCOCCNC(=O)CCN2C(=O)C=CC2=O)cc1. The molecule has 0 saturated heterocycles. The van der Waals surface area contributed by atoms with Gasteiger partial charge in [-0.15, -0.1) is 0 Å². The molecule has 1 aliphatic heterocycles. The van der Waals surface area contributed by atoms with E-state index in [9.17, 15) is 33.6 Å². The monoisotopic (exact) mass is 706 g/mol. The zero-order valence-corrected chi connectivity index (χ0v) is 28.3. The topological polar surface area (TPSA) is 229 Å². The van der Waals surface area contributed by atoms with E-state index >= 15 is 0 Å². The largest absolute Gasteiger partial charge is 0.445 e. The maximum absolute atomic E-state index is 12.4. The van der Waals surface area contributed by atoms with E-state index in [1.807, 2.05) is 0 Å². The minimum absolute atomic E-state index is 0.0214. The molecule has 0 saturated carbocycles. The van der Waals surface area contributed by atoms with E-state index in [-0.39, 0.29) is 70.7 Å². The fourth-order valence-corrected chi connectivity index (χ4v) is 3.92. The Balaban J connectivity index is 1.36. The molecule has 0 spiro atoms. The minimum atomic E-state index is -0.858. The molecule has 0 bridgehead atoms. The van der Waals surface area contributed by atoms with E-state index < -0.39 is 35.8 Å². The van der Waals surface area contributed by atoms with Gasteiger partial charge in [0.1, 0.15) is 12.6 Å². The molecule has 1 aromatic rings. The summed E-state index contributed by atoms with van der Waals surface area (Å²) in [5, 5.41) is 12.7. The molecule has 0 radical (unpaired) electrons. The minimum Gasteiger partial charge on any atom is -0.445 e. The highest BCUT2D eigenvalue weighted by Crippen LogP contribution is 2.11. The summed E-state index contributed by atoms with van der Waals surface area (Å²) >= 11 is 0. The van der Waals surface area contributed by atoms with Gasteiger partial charge in [-0.25, -0.2) is 4.79 Å². The number of amides is 7. The van der Waals surface area contributed by atoms with Crippen LogP contribution in [0.3, 0.4) is 0 Å². The van der Waals surface area contributed by atoms with Crippen LogP contribution < -0.4 is 26.6 Å². The van der Waals surface area contributed by atoms with Gasteiger partial charge >= 0.3 is 6.09 Å². The highest BCUT2D eigenvalue weighted by molar-refractivity contribution is 6.13. The Hall–Kier alpha value is -4.91. The number of carbonyl (C=O) groups is 7. The maximum Gasteiger partial charge on any atom is 0.407 e. The van der Waals surface area contributed by atoms with Gasteiger partial charge in [0, 0.05) is 50.8 Å². The van der Waals surface area contributed by atoms with Crippen molar-refractivity contribution < 1.29 is 57.2 Å². The first kappa shape index (κ1) is 41.3. The Morgan fingerprint density at radius 3 is 1.88 bits per heavy atom. The predicted molar refractivity (Wildman–Crippen MR) is 176 cm³/mol. The first-order valence-corrected chi connectivity index (χ1v) is 16.0. The number of carbonyl (C=O) groups excluding carboxylic acids is 7. The molecule has 1 aromatic carbocycles. The second-order valence-corrected chi connectivity index (χ2v) is 10.5. The Morgan fingerprint density at radius 1 is 0.720 bits per heavy atom. The van der Waals surface area contributed by atoms with Crippen LogP contribution in [-0.2, 0) is 59.1 Å². The normalized spacial score (nSPS) is 12.7. The lowest BCUT2D eigenvalue weighted by Crippen LogP contribution is -2.46. The van der Waals surface area contributed by atoms with E-state index in [2.05, 4.69) is 26.6 Å². The van der Waals surface area contributed by atoms with Crippen molar-refractivity contribution in [2.24, 2.45) is 0 Å². The van der Waals surface area contributed by atoms with Crippen LogP contribution in [0.15, 0.2) is 36.4 Å². The van der Waals surface area contributed by atoms with Crippen molar-refractivity contribution >= 4 is 47.2 Å². The molecular weight excluding hydrogens is 660 g/mol. The number of benzene rings is 1. The van der Waals surface area contributed by atoms with E-state index in [4.69, 9.17) is 23.7 Å². The number of nitrogens with zero attached hydrogens (tertiary/aromatic N) is 1. The fraction of sp³-hybridized carbons (Fsp3) is 0.531. The van der Waals surface area contributed by atoms with Crippen molar-refractivity contribution in [3.63, 3.8) is 0 Å². The van der Waals surface area contributed by atoms with E-state index in [0.717, 1.165) is 10.5 Å². The molecule has 1 atom stereocenters. The number of anilines is 1. The van der Waals surface area contributed by atoms with Crippen LogP contribution in [0.2, 0.25) is 0 Å². The average molecular weight is 707 g/mol. The number of nitrogens with one attached hydrogen (secondary N) is 5. The Labute approximate surface area is 289 Å². The summed E-state index contributed by atoms with van der Waals surface area (Å²) < 4.78 is 26.5. The third-order valence-electron chi connectivity index (χ3n) is 6.63. The van der Waals surface area contributed by atoms with Crippen LogP contribution in [-0.4, -0.2) is 132 Å². The summed E-state index contributed by atoms with van der Waals surface area (Å²) in [6.45, 7) is 3.96. The molecular formula is C32H46N6O12. The average Bonchev–Trinajstić information content (AvgIpc) is 3.43. The van der Waals surface area contributed by atoms with Crippen molar-refractivity contribution in [1.29, 1.82) is 0 Å². The Morgan fingerprint density at radius 2 is 1.28 bits per heavy atom. The zero-order valence-electron chi connectivity index (χ0n) is 28.3. The van der Waals surface area contributed by atoms with Gasteiger partial charge in [-0.3, -0.25) is 33.7 Å². The van der Waals surface area contributed by atoms with Gasteiger partial charge in [0.25, 0.3) is 11.8 Å². The van der Waals surface area contributed by atoms with Crippen molar-refractivity contribution in [2.45, 2.75) is 32.4 Å². The summed E-state index contributed by atoms with van der Waals surface area (Å²) in [7, 11) is 1.46. The highest BCUT2D eigenvalue weighted by Gasteiger charge is 2.23. The molecule has 0 aromatic heterocycles. The smallest absolute Gasteiger partial charge is 0.407 e. The fourth-order valence-electron chi connectivity index (χ4n) is 3.92. The molecule has 2 rings (SSSR count). The Kier molecular flexibility index (Phi) is 20.0. The van der Waals surface area contributed by atoms with Gasteiger partial charge in [0.05, 0.1) is 59.4 Å². The van der Waals surface area contributed by atoms with Crippen LogP contribution in [0, 0.1) is 0 Å². The number of hydrogen-bond acceptors (Lipinski definition) is 12. The molecule has 18 heteroatoms. The van der Waals surface area contributed by atoms with Gasteiger partial charge in [-0.2, -0.15) is 0 Å². The summed E-state index contributed by atoms with van der Waals surface area (Å²) in [6, 6.07) is 5.81. The highest BCUT2D eigenvalue weighted by atomic mass is 16.6. The van der Waals surface area contributed by atoms with Gasteiger partial charge in [0.2, 0.25) is 23.6 Å². The zero-order chi connectivity index (χ0) is 36.6. The van der Waals surface area contributed by atoms with Crippen LogP contribution >= 0.6 is 0 Å². The molecule has 18 nitrogen and oxygen atoms in total.